The van der Waals surface area contributed by atoms with E-state index in [4.69, 9.17) is 20.9 Å². The second-order valence-corrected chi connectivity index (χ2v) is 9.65. The van der Waals surface area contributed by atoms with Crippen LogP contribution in [0.4, 0.5) is 0 Å². The van der Waals surface area contributed by atoms with Crippen LogP contribution in [0.1, 0.15) is 41.0 Å². The van der Waals surface area contributed by atoms with Crippen LogP contribution < -0.4 is 0 Å². The Bertz CT molecular complexity index is 240. The summed E-state index contributed by atoms with van der Waals surface area (Å²) in [5.74, 6) is 0. The van der Waals surface area contributed by atoms with Gasteiger partial charge in [0.1, 0.15) is 0 Å². The van der Waals surface area contributed by atoms with Crippen molar-refractivity contribution in [2.24, 2.45) is 0 Å². The lowest BCUT2D eigenvalue weighted by molar-refractivity contribution is -0.110. The quantitative estimate of drug-likeness (QED) is 0.687. The third-order valence-electron chi connectivity index (χ3n) is 1.18. The molecule has 0 saturated carbocycles. The summed E-state index contributed by atoms with van der Waals surface area (Å²) in [6.45, 7) is 9.37. The van der Waals surface area contributed by atoms with Crippen LogP contribution >= 0.6 is 17.1 Å². The molecule has 0 aromatic carbocycles. The van der Waals surface area contributed by atoms with Crippen LogP contribution in [-0.4, -0.2) is 17.3 Å². The van der Waals surface area contributed by atoms with Gasteiger partial charge in [0.05, 0.1) is 12.2 Å². The Hall–Kier alpha value is 0.590. The predicted octanol–water partition coefficient (Wildman–Crippen LogP) is 3.73. The highest BCUT2D eigenvalue weighted by molar-refractivity contribution is 8.73. The Labute approximate surface area is 101 Å². The lowest BCUT2D eigenvalue weighted by Gasteiger charge is -2.24. The molecule has 0 aliphatic rings. The summed E-state index contributed by atoms with van der Waals surface area (Å²) in [7, 11) is 0. The third kappa shape index (κ3) is 7.47. The van der Waals surface area contributed by atoms with E-state index in [1.54, 1.807) is 6.92 Å². The second kappa shape index (κ2) is 7.02. The standard InChI is InChI=1S/C9H19O3PS2/c1-6-9(10)15-13(14,11-7(2)3)12-8(4)5/h7-8H,6H2,1-5H3. The zero-order valence-corrected chi connectivity index (χ0v) is 12.4. The maximum atomic E-state index is 11.4. The number of carbonyl (C=O) groups is 1. The Morgan fingerprint density at radius 2 is 1.67 bits per heavy atom. The maximum absolute atomic E-state index is 11.4. The molecule has 0 radical (unpaired) electrons. The molecule has 0 atom stereocenters. The molecular weight excluding hydrogens is 251 g/mol. The first-order chi connectivity index (χ1) is 6.79. The van der Waals surface area contributed by atoms with Crippen molar-refractivity contribution in [1.29, 1.82) is 0 Å². The van der Waals surface area contributed by atoms with Gasteiger partial charge in [0.15, 0.2) is 5.12 Å². The largest absolute Gasteiger partial charge is 0.319 e. The summed E-state index contributed by atoms with van der Waals surface area (Å²) in [6, 6.07) is 0. The third-order valence-corrected chi connectivity index (χ3v) is 6.24. The Morgan fingerprint density at radius 3 is 1.93 bits per heavy atom. The molecule has 0 aromatic heterocycles. The van der Waals surface area contributed by atoms with E-state index in [-0.39, 0.29) is 17.3 Å². The highest BCUT2D eigenvalue weighted by atomic mass is 32.9. The lowest BCUT2D eigenvalue weighted by atomic mass is 10.5. The zero-order chi connectivity index (χ0) is 12.1. The fraction of sp³-hybridized carbons (Fsp3) is 0.889. The molecule has 6 heteroatoms. The van der Waals surface area contributed by atoms with Gasteiger partial charge < -0.3 is 9.05 Å². The minimum atomic E-state index is -2.50. The average molecular weight is 270 g/mol. The summed E-state index contributed by atoms with van der Waals surface area (Å²) in [5, 5.41) is 0.0274. The van der Waals surface area contributed by atoms with Crippen LogP contribution in [0.25, 0.3) is 0 Å². The van der Waals surface area contributed by atoms with Crippen molar-refractivity contribution in [3.8, 4) is 0 Å². The minimum Gasteiger partial charge on any atom is -0.319 e. The first-order valence-corrected chi connectivity index (χ1v) is 9.04. The molecule has 0 bridgehead atoms. The monoisotopic (exact) mass is 270 g/mol. The van der Waals surface area contributed by atoms with Gasteiger partial charge in [-0.15, -0.1) is 0 Å². The van der Waals surface area contributed by atoms with Crippen LogP contribution in [0.2, 0.25) is 0 Å². The summed E-state index contributed by atoms with van der Waals surface area (Å²) >= 11 is 6.35. The Kier molecular flexibility index (Phi) is 7.30. The van der Waals surface area contributed by atoms with Crippen LogP contribution in [0.5, 0.6) is 0 Å². The van der Waals surface area contributed by atoms with E-state index in [0.717, 1.165) is 11.4 Å². The van der Waals surface area contributed by atoms with Crippen molar-refractivity contribution in [3.63, 3.8) is 0 Å². The van der Waals surface area contributed by atoms with Gasteiger partial charge in [0.2, 0.25) is 0 Å². The zero-order valence-electron chi connectivity index (χ0n) is 9.85. The lowest BCUT2D eigenvalue weighted by Crippen LogP contribution is -2.07. The van der Waals surface area contributed by atoms with Crippen LogP contribution in [-0.2, 0) is 25.6 Å². The van der Waals surface area contributed by atoms with Crippen molar-refractivity contribution in [2.45, 2.75) is 53.2 Å². The van der Waals surface area contributed by atoms with E-state index in [2.05, 4.69) is 0 Å². The highest BCUT2D eigenvalue weighted by Gasteiger charge is 2.26. The van der Waals surface area contributed by atoms with E-state index in [9.17, 15) is 4.79 Å². The minimum absolute atomic E-state index is 0.0215. The van der Waals surface area contributed by atoms with Crippen molar-refractivity contribution < 1.29 is 13.8 Å². The van der Waals surface area contributed by atoms with E-state index in [1.807, 2.05) is 27.7 Å². The van der Waals surface area contributed by atoms with Gasteiger partial charge in [-0.25, -0.2) is 0 Å². The number of carbonyl (C=O) groups excluding carboxylic acids is 1. The molecule has 0 spiro atoms. The van der Waals surface area contributed by atoms with Gasteiger partial charge >= 0.3 is 0 Å². The maximum Gasteiger partial charge on any atom is 0.255 e. The fourth-order valence-electron chi connectivity index (χ4n) is 0.774. The van der Waals surface area contributed by atoms with E-state index in [0.29, 0.717) is 6.42 Å². The molecule has 0 unspecified atom stereocenters. The predicted molar refractivity (Wildman–Crippen MR) is 69.6 cm³/mol. The smallest absolute Gasteiger partial charge is 0.255 e. The molecule has 0 aliphatic carbocycles. The molecular formula is C9H19O3PS2. The van der Waals surface area contributed by atoms with Crippen molar-refractivity contribution in [2.75, 3.05) is 0 Å². The fourth-order valence-corrected chi connectivity index (χ4v) is 6.53. The molecule has 0 N–H and O–H groups in total. The van der Waals surface area contributed by atoms with Gasteiger partial charge in [-0.3, -0.25) is 4.79 Å². The van der Waals surface area contributed by atoms with Gasteiger partial charge in [0.25, 0.3) is 5.69 Å². The molecule has 0 aliphatic heterocycles. The topological polar surface area (TPSA) is 35.5 Å². The molecule has 0 fully saturated rings. The Morgan fingerprint density at radius 1 is 1.27 bits per heavy atom. The van der Waals surface area contributed by atoms with E-state index < -0.39 is 5.69 Å². The average Bonchev–Trinajstić information content (AvgIpc) is 1.99. The van der Waals surface area contributed by atoms with Gasteiger partial charge in [-0.05, 0) is 39.5 Å². The molecule has 15 heavy (non-hydrogen) atoms. The van der Waals surface area contributed by atoms with Crippen LogP contribution in [0.3, 0.4) is 0 Å². The van der Waals surface area contributed by atoms with Crippen molar-refractivity contribution in [3.05, 3.63) is 0 Å². The molecule has 3 nitrogen and oxygen atoms in total. The van der Waals surface area contributed by atoms with Crippen LogP contribution in [0.15, 0.2) is 0 Å². The van der Waals surface area contributed by atoms with Gasteiger partial charge in [-0.1, -0.05) is 6.92 Å². The summed E-state index contributed by atoms with van der Waals surface area (Å²) in [6.07, 6.45) is 0.407. The van der Waals surface area contributed by atoms with E-state index in [1.165, 1.54) is 0 Å². The normalized spacial score (nSPS) is 12.5. The van der Waals surface area contributed by atoms with Gasteiger partial charge in [-0.2, -0.15) is 0 Å². The first-order valence-electron chi connectivity index (χ1n) is 4.98. The molecule has 0 heterocycles. The van der Waals surface area contributed by atoms with E-state index >= 15 is 0 Å². The van der Waals surface area contributed by atoms with Crippen molar-refractivity contribution >= 4 is 34.0 Å². The number of hydrogen-bond donors (Lipinski definition) is 0. The molecule has 0 rings (SSSR count). The molecule has 90 valence electrons. The van der Waals surface area contributed by atoms with Gasteiger partial charge in [0, 0.05) is 17.8 Å². The SMILES string of the molecule is CCC(=O)SP(=S)(OC(C)C)OC(C)C. The second-order valence-electron chi connectivity index (χ2n) is 3.57. The summed E-state index contributed by atoms with van der Waals surface area (Å²) in [4.78, 5) is 11.4. The summed E-state index contributed by atoms with van der Waals surface area (Å²) < 4.78 is 11.1. The summed E-state index contributed by atoms with van der Waals surface area (Å²) in [5.41, 5.74) is -2.50. The first kappa shape index (κ1) is 15.6. The molecule has 0 saturated heterocycles. The number of rotatable bonds is 6. The van der Waals surface area contributed by atoms with Crippen molar-refractivity contribution in [1.82, 2.24) is 0 Å². The highest BCUT2D eigenvalue weighted by Crippen LogP contribution is 2.63. The molecule has 0 aromatic rings. The van der Waals surface area contributed by atoms with Crippen LogP contribution in [0, 0.1) is 0 Å². The molecule has 0 amide bonds. The number of hydrogen-bond acceptors (Lipinski definition) is 5. The Balaban J connectivity index is 4.55.